The summed E-state index contributed by atoms with van der Waals surface area (Å²) in [6, 6.07) is 0. The van der Waals surface area contributed by atoms with Crippen LogP contribution in [-0.2, 0) is 65.4 Å². The molecule has 0 heterocycles. The molecule has 19 heteroatoms. The lowest BCUT2D eigenvalue weighted by Gasteiger charge is -2.21. The Morgan fingerprint density at radius 2 is 0.545 bits per heavy atom. The van der Waals surface area contributed by atoms with E-state index in [-0.39, 0.29) is 25.7 Å². The van der Waals surface area contributed by atoms with E-state index in [9.17, 15) is 43.2 Å². The summed E-state index contributed by atoms with van der Waals surface area (Å²) in [5.41, 5.74) is 0. The molecule has 88 heavy (non-hydrogen) atoms. The highest BCUT2D eigenvalue weighted by molar-refractivity contribution is 7.47. The van der Waals surface area contributed by atoms with Crippen LogP contribution in [0.5, 0.6) is 0 Å². The number of phosphoric acid groups is 2. The molecular formula is C69H134O17P2. The minimum absolute atomic E-state index is 0.104. The zero-order valence-electron chi connectivity index (χ0n) is 57.3. The number of carbonyl (C=O) groups excluding carboxylic acids is 4. The van der Waals surface area contributed by atoms with Gasteiger partial charge in [-0.15, -0.1) is 0 Å². The van der Waals surface area contributed by atoms with E-state index in [2.05, 4.69) is 55.4 Å². The molecule has 0 amide bonds. The third-order valence-corrected chi connectivity index (χ3v) is 18.4. The number of ether oxygens (including phenoxy) is 4. The molecule has 0 radical (unpaired) electrons. The van der Waals surface area contributed by atoms with Gasteiger partial charge in [0.2, 0.25) is 0 Å². The molecule has 3 N–H and O–H groups in total. The zero-order chi connectivity index (χ0) is 65.4. The summed E-state index contributed by atoms with van der Waals surface area (Å²) < 4.78 is 68.2. The van der Waals surface area contributed by atoms with Crippen LogP contribution in [0.25, 0.3) is 0 Å². The van der Waals surface area contributed by atoms with E-state index in [4.69, 9.17) is 37.0 Å². The van der Waals surface area contributed by atoms with Gasteiger partial charge in [-0.05, 0) is 49.4 Å². The summed E-state index contributed by atoms with van der Waals surface area (Å²) in [6.45, 7) is 14.1. The molecule has 0 aliphatic heterocycles. The second-order valence-electron chi connectivity index (χ2n) is 26.4. The highest BCUT2D eigenvalue weighted by Gasteiger charge is 2.30. The van der Waals surface area contributed by atoms with Gasteiger partial charge < -0.3 is 33.8 Å². The minimum atomic E-state index is -4.95. The lowest BCUT2D eigenvalue weighted by molar-refractivity contribution is -0.161. The zero-order valence-corrected chi connectivity index (χ0v) is 59.1. The molecule has 0 aliphatic carbocycles. The van der Waals surface area contributed by atoms with Crippen molar-refractivity contribution in [1.82, 2.24) is 0 Å². The Hall–Kier alpha value is -1.94. The van der Waals surface area contributed by atoms with Gasteiger partial charge in [0.25, 0.3) is 0 Å². The number of rotatable bonds is 66. The number of hydrogen-bond acceptors (Lipinski definition) is 15. The van der Waals surface area contributed by atoms with Crippen molar-refractivity contribution in [1.29, 1.82) is 0 Å². The monoisotopic (exact) mass is 1300 g/mol. The van der Waals surface area contributed by atoms with E-state index in [1.807, 2.05) is 0 Å². The third-order valence-electron chi connectivity index (χ3n) is 16.5. The van der Waals surface area contributed by atoms with Crippen LogP contribution in [-0.4, -0.2) is 96.7 Å². The van der Waals surface area contributed by atoms with Gasteiger partial charge in [0, 0.05) is 25.7 Å². The van der Waals surface area contributed by atoms with Crippen LogP contribution in [0.1, 0.15) is 338 Å². The van der Waals surface area contributed by atoms with Gasteiger partial charge in [-0.2, -0.15) is 0 Å². The molecule has 0 fully saturated rings. The fourth-order valence-corrected chi connectivity index (χ4v) is 11.8. The number of carbonyl (C=O) groups is 4. The highest BCUT2D eigenvalue weighted by Crippen LogP contribution is 2.45. The molecule has 0 bridgehead atoms. The van der Waals surface area contributed by atoms with E-state index < -0.39 is 97.5 Å². The molecule has 17 nitrogen and oxygen atoms in total. The molecule has 0 saturated carbocycles. The average Bonchev–Trinajstić information content (AvgIpc) is 3.70. The average molecular weight is 1300 g/mol. The van der Waals surface area contributed by atoms with Crippen molar-refractivity contribution in [2.45, 2.75) is 356 Å². The lowest BCUT2D eigenvalue weighted by Crippen LogP contribution is -2.30. The number of unbranched alkanes of at least 4 members (excludes halogenated alkanes) is 30. The lowest BCUT2D eigenvalue weighted by atomic mass is 9.99. The molecule has 0 aromatic heterocycles. The summed E-state index contributed by atoms with van der Waals surface area (Å²) in [6.07, 6.45) is 40.2. The van der Waals surface area contributed by atoms with E-state index >= 15 is 0 Å². The van der Waals surface area contributed by atoms with E-state index in [0.717, 1.165) is 120 Å². The van der Waals surface area contributed by atoms with Gasteiger partial charge in [-0.1, -0.05) is 287 Å². The maximum Gasteiger partial charge on any atom is 0.472 e. The number of phosphoric ester groups is 2. The first-order chi connectivity index (χ1) is 42.2. The molecule has 0 saturated heterocycles. The van der Waals surface area contributed by atoms with Gasteiger partial charge in [0.05, 0.1) is 26.4 Å². The van der Waals surface area contributed by atoms with Crippen molar-refractivity contribution >= 4 is 39.5 Å². The second-order valence-corrected chi connectivity index (χ2v) is 29.3. The highest BCUT2D eigenvalue weighted by atomic mass is 31.2. The topological polar surface area (TPSA) is 237 Å². The van der Waals surface area contributed by atoms with Crippen molar-refractivity contribution in [2.24, 2.45) is 23.7 Å². The molecular weight excluding hydrogens is 1160 g/mol. The Morgan fingerprint density at radius 1 is 0.318 bits per heavy atom. The summed E-state index contributed by atoms with van der Waals surface area (Å²) in [4.78, 5) is 72.5. The fourth-order valence-electron chi connectivity index (χ4n) is 10.2. The minimum Gasteiger partial charge on any atom is -0.462 e. The van der Waals surface area contributed by atoms with Crippen LogP contribution in [0.2, 0.25) is 0 Å². The van der Waals surface area contributed by atoms with E-state index in [1.54, 1.807) is 0 Å². The summed E-state index contributed by atoms with van der Waals surface area (Å²) in [7, 11) is -9.90. The van der Waals surface area contributed by atoms with E-state index in [1.165, 1.54) is 135 Å². The SMILES string of the molecule is CCC(C)CCCCCCCCCCC(=O)OC[C@H](COP(=O)(O)OC[C@@H](O)COP(=O)(O)OC[C@@H](COC(=O)CCCCCCCCC(C)CC)OC(=O)CCCCCCCCCCCC(C)C)OC(=O)CCCCCCCCCCCCCC(C)C. The molecule has 0 aromatic carbocycles. The Morgan fingerprint density at radius 3 is 0.807 bits per heavy atom. The molecule has 0 spiro atoms. The third kappa shape index (κ3) is 60.3. The van der Waals surface area contributed by atoms with Crippen LogP contribution in [0.3, 0.4) is 0 Å². The normalized spacial score (nSPS) is 14.9. The van der Waals surface area contributed by atoms with Crippen LogP contribution >= 0.6 is 15.6 Å². The molecule has 0 aliphatic rings. The van der Waals surface area contributed by atoms with Crippen molar-refractivity contribution in [3.05, 3.63) is 0 Å². The Bertz CT molecular complexity index is 1750. The first-order valence-electron chi connectivity index (χ1n) is 35.8. The second kappa shape index (κ2) is 58.8. The fraction of sp³-hybridized carbons (Fsp3) is 0.942. The molecule has 4 unspecified atom stereocenters. The van der Waals surface area contributed by atoms with Gasteiger partial charge in [-0.25, -0.2) is 9.13 Å². The predicted molar refractivity (Wildman–Crippen MR) is 354 cm³/mol. The summed E-state index contributed by atoms with van der Waals surface area (Å²) >= 11 is 0. The van der Waals surface area contributed by atoms with Gasteiger partial charge >= 0.3 is 39.5 Å². The first-order valence-corrected chi connectivity index (χ1v) is 38.8. The number of aliphatic hydroxyl groups excluding tert-OH is 1. The van der Waals surface area contributed by atoms with Crippen molar-refractivity contribution in [3.8, 4) is 0 Å². The van der Waals surface area contributed by atoms with Crippen molar-refractivity contribution in [3.63, 3.8) is 0 Å². The largest absolute Gasteiger partial charge is 0.472 e. The number of aliphatic hydroxyl groups is 1. The summed E-state index contributed by atoms with van der Waals surface area (Å²) in [5, 5.41) is 10.6. The molecule has 0 rings (SSSR count). The Labute approximate surface area is 537 Å². The van der Waals surface area contributed by atoms with Crippen LogP contribution in [0.4, 0.5) is 0 Å². The first kappa shape index (κ1) is 86.1. The van der Waals surface area contributed by atoms with Gasteiger partial charge in [0.1, 0.15) is 19.3 Å². The molecule has 522 valence electrons. The predicted octanol–water partition coefficient (Wildman–Crippen LogP) is 19.3. The maximum absolute atomic E-state index is 13.0. The standard InChI is InChI=1S/C69H134O17P2/c1-9-61(7)47-39-31-23-19-20-24-33-41-49-66(71)79-55-64(85-68(73)51-43-35-25-17-13-11-12-15-21-29-37-45-59(3)4)57-83-87(75,76)81-53-63(70)54-82-88(77,78)84-58-65(56-80-67(72)50-42-34-28-27-32-40-48-62(8)10-2)86-69(74)52-44-36-26-18-14-16-22-30-38-46-60(5)6/h59-65,70H,9-58H2,1-8H3,(H,75,76)(H,77,78)/t61?,62?,63-,64-,65-/m1/s1. The maximum atomic E-state index is 13.0. The number of hydrogen-bond donors (Lipinski definition) is 3. The quantitative estimate of drug-likeness (QED) is 0.0222. The molecule has 0 aromatic rings. The van der Waals surface area contributed by atoms with Gasteiger partial charge in [-0.3, -0.25) is 37.3 Å². The van der Waals surface area contributed by atoms with Crippen LogP contribution in [0, 0.1) is 23.7 Å². The van der Waals surface area contributed by atoms with Crippen molar-refractivity contribution in [2.75, 3.05) is 39.6 Å². The van der Waals surface area contributed by atoms with Crippen LogP contribution < -0.4 is 0 Å². The smallest absolute Gasteiger partial charge is 0.462 e. The summed E-state index contributed by atoms with van der Waals surface area (Å²) in [5.74, 6) is 0.878. The van der Waals surface area contributed by atoms with Gasteiger partial charge in [0.15, 0.2) is 12.2 Å². The van der Waals surface area contributed by atoms with E-state index in [0.29, 0.717) is 25.7 Å². The number of esters is 4. The Kier molecular flexibility index (Phi) is 57.6. The molecule has 7 atom stereocenters. The van der Waals surface area contributed by atoms with Crippen LogP contribution in [0.15, 0.2) is 0 Å². The van der Waals surface area contributed by atoms with Crippen molar-refractivity contribution < 1.29 is 80.2 Å². The Balaban J connectivity index is 5.27.